The SMILES string of the molecule is CC(CC(=O)OC(C)(C)C)C1NC(c2ccccc2)COC1=O. The summed E-state index contributed by atoms with van der Waals surface area (Å²) in [6, 6.07) is 9.26. The van der Waals surface area contributed by atoms with Crippen molar-refractivity contribution < 1.29 is 19.1 Å². The molecule has 3 atom stereocenters. The summed E-state index contributed by atoms with van der Waals surface area (Å²) >= 11 is 0. The summed E-state index contributed by atoms with van der Waals surface area (Å²) < 4.78 is 10.6. The van der Waals surface area contributed by atoms with Crippen LogP contribution in [0, 0.1) is 5.92 Å². The molecule has 1 aromatic carbocycles. The summed E-state index contributed by atoms with van der Waals surface area (Å²) in [5, 5.41) is 3.31. The third-order valence-corrected chi connectivity index (χ3v) is 3.71. The lowest BCUT2D eigenvalue weighted by Gasteiger charge is -2.33. The molecule has 1 aliphatic rings. The smallest absolute Gasteiger partial charge is 0.323 e. The lowest BCUT2D eigenvalue weighted by Crippen LogP contribution is -2.51. The van der Waals surface area contributed by atoms with Gasteiger partial charge in [-0.25, -0.2) is 0 Å². The van der Waals surface area contributed by atoms with Gasteiger partial charge in [0, 0.05) is 0 Å². The quantitative estimate of drug-likeness (QED) is 0.864. The highest BCUT2D eigenvalue weighted by Crippen LogP contribution is 2.23. The average molecular weight is 319 g/mol. The van der Waals surface area contributed by atoms with Gasteiger partial charge in [-0.3, -0.25) is 14.9 Å². The molecule has 0 bridgehead atoms. The van der Waals surface area contributed by atoms with Crippen LogP contribution in [-0.2, 0) is 19.1 Å². The lowest BCUT2D eigenvalue weighted by molar-refractivity contribution is -0.158. The normalized spacial score (nSPS) is 23.0. The third kappa shape index (κ3) is 5.06. The highest BCUT2D eigenvalue weighted by atomic mass is 16.6. The molecule has 5 nitrogen and oxygen atoms in total. The Morgan fingerprint density at radius 2 is 2.00 bits per heavy atom. The first-order valence-electron chi connectivity index (χ1n) is 7.96. The first kappa shape index (κ1) is 17.5. The number of carbonyl (C=O) groups is 2. The maximum Gasteiger partial charge on any atom is 0.323 e. The van der Waals surface area contributed by atoms with Crippen LogP contribution < -0.4 is 5.32 Å². The number of morpholine rings is 1. The maximum atomic E-state index is 12.0. The molecule has 2 rings (SSSR count). The van der Waals surface area contributed by atoms with Crippen molar-refractivity contribution in [1.29, 1.82) is 0 Å². The number of benzene rings is 1. The summed E-state index contributed by atoms with van der Waals surface area (Å²) in [4.78, 5) is 24.0. The van der Waals surface area contributed by atoms with Crippen LogP contribution in [0.15, 0.2) is 30.3 Å². The van der Waals surface area contributed by atoms with Gasteiger partial charge in [-0.1, -0.05) is 37.3 Å². The standard InChI is InChI=1S/C18H25NO4/c1-12(10-15(20)23-18(2,3)4)16-17(21)22-11-14(19-16)13-8-6-5-7-9-13/h5-9,12,14,16,19H,10-11H2,1-4H3. The Bertz CT molecular complexity index is 550. The van der Waals surface area contributed by atoms with Gasteiger partial charge >= 0.3 is 11.9 Å². The molecular formula is C18H25NO4. The Morgan fingerprint density at radius 3 is 2.61 bits per heavy atom. The summed E-state index contributed by atoms with van der Waals surface area (Å²) in [5.41, 5.74) is 0.540. The molecule has 1 heterocycles. The van der Waals surface area contributed by atoms with Crippen molar-refractivity contribution in [1.82, 2.24) is 5.32 Å². The number of rotatable bonds is 4. The van der Waals surface area contributed by atoms with E-state index < -0.39 is 11.6 Å². The molecule has 1 fully saturated rings. The number of hydrogen-bond acceptors (Lipinski definition) is 5. The van der Waals surface area contributed by atoms with Crippen molar-refractivity contribution in [2.45, 2.75) is 51.8 Å². The van der Waals surface area contributed by atoms with Gasteiger partial charge in [0.2, 0.25) is 0 Å². The van der Waals surface area contributed by atoms with Crippen LogP contribution in [0.5, 0.6) is 0 Å². The number of esters is 2. The second kappa shape index (κ2) is 7.13. The molecule has 23 heavy (non-hydrogen) atoms. The minimum absolute atomic E-state index is 0.0556. The van der Waals surface area contributed by atoms with Crippen LogP contribution in [0.1, 0.15) is 45.7 Å². The van der Waals surface area contributed by atoms with E-state index in [4.69, 9.17) is 9.47 Å². The number of hydrogen-bond donors (Lipinski definition) is 1. The van der Waals surface area contributed by atoms with E-state index in [9.17, 15) is 9.59 Å². The summed E-state index contributed by atoms with van der Waals surface area (Å²) in [5.74, 6) is -0.821. The fraction of sp³-hybridized carbons (Fsp3) is 0.556. The third-order valence-electron chi connectivity index (χ3n) is 3.71. The molecule has 0 radical (unpaired) electrons. The molecule has 3 unspecified atom stereocenters. The van der Waals surface area contributed by atoms with Crippen molar-refractivity contribution in [3.63, 3.8) is 0 Å². The van der Waals surface area contributed by atoms with E-state index in [0.717, 1.165) is 5.56 Å². The molecule has 1 saturated heterocycles. The minimum Gasteiger partial charge on any atom is -0.462 e. The van der Waals surface area contributed by atoms with Crippen LogP contribution in [0.4, 0.5) is 0 Å². The van der Waals surface area contributed by atoms with Gasteiger partial charge in [-0.2, -0.15) is 0 Å². The van der Waals surface area contributed by atoms with Crippen molar-refractivity contribution in [3.8, 4) is 0 Å². The van der Waals surface area contributed by atoms with Gasteiger partial charge in [0.25, 0.3) is 0 Å². The topological polar surface area (TPSA) is 64.6 Å². The van der Waals surface area contributed by atoms with E-state index >= 15 is 0 Å². The average Bonchev–Trinajstić information content (AvgIpc) is 2.46. The predicted molar refractivity (Wildman–Crippen MR) is 86.7 cm³/mol. The minimum atomic E-state index is -0.524. The molecular weight excluding hydrogens is 294 g/mol. The fourth-order valence-corrected chi connectivity index (χ4v) is 2.63. The molecule has 1 aliphatic heterocycles. The van der Waals surface area contributed by atoms with Gasteiger partial charge in [-0.15, -0.1) is 0 Å². The van der Waals surface area contributed by atoms with Crippen molar-refractivity contribution >= 4 is 11.9 Å². The van der Waals surface area contributed by atoms with Crippen LogP contribution in [0.25, 0.3) is 0 Å². The number of carbonyl (C=O) groups excluding carboxylic acids is 2. The number of cyclic esters (lactones) is 1. The molecule has 1 N–H and O–H groups in total. The zero-order chi connectivity index (χ0) is 17.0. The molecule has 126 valence electrons. The van der Waals surface area contributed by atoms with E-state index in [2.05, 4.69) is 5.32 Å². The monoisotopic (exact) mass is 319 g/mol. The van der Waals surface area contributed by atoms with E-state index in [1.54, 1.807) is 0 Å². The van der Waals surface area contributed by atoms with Gasteiger partial charge in [0.1, 0.15) is 18.2 Å². The predicted octanol–water partition coefficient (Wildman–Crippen LogP) is 2.61. The summed E-state index contributed by atoms with van der Waals surface area (Å²) in [6.07, 6.45) is 0.172. The molecule has 0 saturated carbocycles. The van der Waals surface area contributed by atoms with Crippen LogP contribution >= 0.6 is 0 Å². The van der Waals surface area contributed by atoms with Gasteiger partial charge < -0.3 is 9.47 Å². The van der Waals surface area contributed by atoms with E-state index in [0.29, 0.717) is 6.61 Å². The first-order chi connectivity index (χ1) is 10.8. The number of ether oxygens (including phenoxy) is 2. The maximum absolute atomic E-state index is 12.0. The zero-order valence-corrected chi connectivity index (χ0v) is 14.2. The Kier molecular flexibility index (Phi) is 5.42. The molecule has 0 aliphatic carbocycles. The van der Waals surface area contributed by atoms with Crippen LogP contribution in [0.2, 0.25) is 0 Å². The van der Waals surface area contributed by atoms with Gasteiger partial charge in [0.15, 0.2) is 0 Å². The summed E-state index contributed by atoms with van der Waals surface area (Å²) in [6.45, 7) is 7.64. The van der Waals surface area contributed by atoms with Gasteiger partial charge in [0.05, 0.1) is 12.5 Å². The Morgan fingerprint density at radius 1 is 1.35 bits per heavy atom. The van der Waals surface area contributed by atoms with E-state index in [-0.39, 0.29) is 30.3 Å². The zero-order valence-electron chi connectivity index (χ0n) is 14.2. The Hall–Kier alpha value is -1.88. The second-order valence-corrected chi connectivity index (χ2v) is 7.01. The van der Waals surface area contributed by atoms with E-state index in [1.165, 1.54) is 0 Å². The largest absolute Gasteiger partial charge is 0.462 e. The molecule has 5 heteroatoms. The number of nitrogens with one attached hydrogen (secondary N) is 1. The van der Waals surface area contributed by atoms with Crippen LogP contribution in [-0.4, -0.2) is 30.2 Å². The Labute approximate surface area is 137 Å². The van der Waals surface area contributed by atoms with Crippen molar-refractivity contribution in [2.75, 3.05) is 6.61 Å². The van der Waals surface area contributed by atoms with Crippen molar-refractivity contribution in [2.24, 2.45) is 5.92 Å². The molecule has 1 aromatic rings. The highest BCUT2D eigenvalue weighted by Gasteiger charge is 2.35. The lowest BCUT2D eigenvalue weighted by atomic mass is 9.94. The summed E-state index contributed by atoms with van der Waals surface area (Å²) in [7, 11) is 0. The van der Waals surface area contributed by atoms with E-state index in [1.807, 2.05) is 58.0 Å². The Balaban J connectivity index is 1.99. The fourth-order valence-electron chi connectivity index (χ4n) is 2.63. The molecule has 0 spiro atoms. The first-order valence-corrected chi connectivity index (χ1v) is 7.96. The highest BCUT2D eigenvalue weighted by molar-refractivity contribution is 5.78. The van der Waals surface area contributed by atoms with Crippen molar-refractivity contribution in [3.05, 3.63) is 35.9 Å². The van der Waals surface area contributed by atoms with Gasteiger partial charge in [-0.05, 0) is 32.3 Å². The molecule has 0 amide bonds. The van der Waals surface area contributed by atoms with Crippen LogP contribution in [0.3, 0.4) is 0 Å². The molecule has 0 aromatic heterocycles. The second-order valence-electron chi connectivity index (χ2n) is 7.01.